The zero-order valence-corrected chi connectivity index (χ0v) is 14.7. The zero-order chi connectivity index (χ0) is 17.1. The average molecular weight is 350 g/mol. The first kappa shape index (κ1) is 17.3. The van der Waals surface area contributed by atoms with E-state index in [1.165, 1.54) is 12.1 Å². The first-order valence-electron chi connectivity index (χ1n) is 8.41. The van der Waals surface area contributed by atoms with Gasteiger partial charge in [0.1, 0.15) is 5.82 Å². The van der Waals surface area contributed by atoms with Gasteiger partial charge in [-0.05, 0) is 30.5 Å². The van der Waals surface area contributed by atoms with Crippen molar-refractivity contribution in [2.24, 2.45) is 5.92 Å². The number of piperidine rings is 1. The first-order chi connectivity index (χ1) is 11.5. The van der Waals surface area contributed by atoms with Crippen molar-refractivity contribution in [2.75, 3.05) is 25.9 Å². The minimum absolute atomic E-state index is 0.0235. The number of likely N-dealkylation sites (N-methyl/N-ethyl adjacent to an activating group) is 1. The Hall–Kier alpha value is -1.56. The lowest BCUT2D eigenvalue weighted by Gasteiger charge is -2.32. The summed E-state index contributed by atoms with van der Waals surface area (Å²) in [5.41, 5.74) is 1.06. The summed E-state index contributed by atoms with van der Waals surface area (Å²) in [5, 5.41) is 0. The molecule has 3 aliphatic heterocycles. The summed E-state index contributed by atoms with van der Waals surface area (Å²) in [6.45, 7) is 1.24. The average Bonchev–Trinajstić information content (AvgIpc) is 2.87. The van der Waals surface area contributed by atoms with Crippen LogP contribution in [0.1, 0.15) is 24.8 Å². The fourth-order valence-electron chi connectivity index (χ4n) is 3.45. The molecule has 6 heteroatoms. The van der Waals surface area contributed by atoms with Gasteiger partial charge < -0.3 is 9.80 Å². The van der Waals surface area contributed by atoms with Crippen molar-refractivity contribution in [3.63, 3.8) is 0 Å². The third kappa shape index (κ3) is 3.91. The smallest absolute Gasteiger partial charge is 0.227 e. The molecule has 4 rings (SSSR count). The number of amides is 2. The summed E-state index contributed by atoms with van der Waals surface area (Å²) < 4.78 is 12.9. The summed E-state index contributed by atoms with van der Waals surface area (Å²) in [7, 11) is 1.85. The van der Waals surface area contributed by atoms with Gasteiger partial charge in [0.2, 0.25) is 11.8 Å². The number of fused-ring (bicyclic) bond motifs is 4. The molecule has 0 unspecified atom stereocenters. The lowest BCUT2D eigenvalue weighted by molar-refractivity contribution is -0.138. The van der Waals surface area contributed by atoms with E-state index in [0.29, 0.717) is 19.5 Å². The van der Waals surface area contributed by atoms with Crippen molar-refractivity contribution < 1.29 is 14.0 Å². The Kier molecular flexibility index (Phi) is 5.43. The molecule has 0 aliphatic carbocycles. The Morgan fingerprint density at radius 2 is 2.00 bits per heavy atom. The number of hydrogen-bond donors (Lipinski definition) is 0. The van der Waals surface area contributed by atoms with E-state index in [9.17, 15) is 14.0 Å². The van der Waals surface area contributed by atoms with Crippen LogP contribution in [0.3, 0.4) is 0 Å². The molecule has 0 spiro atoms. The van der Waals surface area contributed by atoms with Gasteiger partial charge in [-0.15, -0.1) is 0 Å². The highest BCUT2D eigenvalue weighted by Gasteiger charge is 2.39. The van der Waals surface area contributed by atoms with Crippen molar-refractivity contribution in [2.45, 2.75) is 31.1 Å². The zero-order valence-electron chi connectivity index (χ0n) is 13.9. The second-order valence-electron chi connectivity index (χ2n) is 6.61. The number of carbonyl (C=O) groups is 2. The standard InChI is InChI=1S/C18H23FN2O2S/c1-20-16-7-4-14(18(20)23)10-21(11-16)17(22)8-9-24-12-13-2-5-15(19)6-3-13/h2-3,5-6,14,16H,4,7-12H2,1H3/t14-,16+/m0/s1. The molecule has 130 valence electrons. The lowest BCUT2D eigenvalue weighted by Crippen LogP contribution is -2.45. The molecule has 24 heavy (non-hydrogen) atoms. The molecule has 0 N–H and O–H groups in total. The number of halogens is 1. The van der Waals surface area contributed by atoms with Crippen molar-refractivity contribution >= 4 is 23.6 Å². The van der Waals surface area contributed by atoms with Crippen molar-refractivity contribution in [3.8, 4) is 0 Å². The van der Waals surface area contributed by atoms with Gasteiger partial charge in [-0.3, -0.25) is 9.59 Å². The number of benzene rings is 1. The summed E-state index contributed by atoms with van der Waals surface area (Å²) >= 11 is 1.68. The van der Waals surface area contributed by atoms with Crippen molar-refractivity contribution in [1.29, 1.82) is 0 Å². The quantitative estimate of drug-likeness (QED) is 0.766. The van der Waals surface area contributed by atoms with Crippen LogP contribution in [-0.4, -0.2) is 53.5 Å². The predicted octanol–water partition coefficient (Wildman–Crippen LogP) is 2.53. The molecule has 3 saturated heterocycles. The third-order valence-electron chi connectivity index (χ3n) is 4.96. The normalized spacial score (nSPS) is 23.5. The van der Waals surface area contributed by atoms with Gasteiger partial charge in [-0.2, -0.15) is 11.8 Å². The maximum atomic E-state index is 12.9. The molecule has 0 radical (unpaired) electrons. The largest absolute Gasteiger partial charge is 0.341 e. The molecule has 2 atom stereocenters. The molecular formula is C18H23FN2O2S. The van der Waals surface area contributed by atoms with E-state index < -0.39 is 0 Å². The highest BCUT2D eigenvalue weighted by atomic mass is 32.2. The van der Waals surface area contributed by atoms with Crippen LogP contribution in [0, 0.1) is 11.7 Å². The second kappa shape index (κ2) is 7.55. The van der Waals surface area contributed by atoms with Gasteiger partial charge in [0.05, 0.1) is 5.92 Å². The predicted molar refractivity (Wildman–Crippen MR) is 93.0 cm³/mol. The lowest BCUT2D eigenvalue weighted by atomic mass is 9.95. The minimum atomic E-state index is -0.228. The Bertz CT molecular complexity index is 608. The molecule has 3 heterocycles. The highest BCUT2D eigenvalue weighted by molar-refractivity contribution is 7.98. The Balaban J connectivity index is 1.45. The number of carbonyl (C=O) groups excluding carboxylic acids is 2. The van der Waals surface area contributed by atoms with Crippen LogP contribution in [0.5, 0.6) is 0 Å². The number of rotatable bonds is 5. The van der Waals surface area contributed by atoms with Crippen LogP contribution in [0.15, 0.2) is 24.3 Å². The van der Waals surface area contributed by atoms with E-state index >= 15 is 0 Å². The maximum Gasteiger partial charge on any atom is 0.227 e. The molecule has 0 saturated carbocycles. The van der Waals surface area contributed by atoms with Crippen molar-refractivity contribution in [1.82, 2.24) is 9.80 Å². The van der Waals surface area contributed by atoms with Gasteiger partial charge in [-0.1, -0.05) is 12.1 Å². The number of nitrogens with zero attached hydrogens (tertiary/aromatic N) is 2. The number of thioether (sulfide) groups is 1. The summed E-state index contributed by atoms with van der Waals surface area (Å²) in [6.07, 6.45) is 2.39. The van der Waals surface area contributed by atoms with Crippen LogP contribution >= 0.6 is 11.8 Å². The van der Waals surface area contributed by atoms with Crippen LogP contribution in [-0.2, 0) is 15.3 Å². The molecule has 3 aliphatic rings. The fraction of sp³-hybridized carbons (Fsp3) is 0.556. The van der Waals surface area contributed by atoms with Crippen molar-refractivity contribution in [3.05, 3.63) is 35.6 Å². The van der Waals surface area contributed by atoms with E-state index in [4.69, 9.17) is 0 Å². The topological polar surface area (TPSA) is 40.6 Å². The monoisotopic (exact) mass is 350 g/mol. The second-order valence-corrected chi connectivity index (χ2v) is 7.71. The van der Waals surface area contributed by atoms with E-state index in [1.807, 2.05) is 16.8 Å². The SMILES string of the molecule is CN1C(=O)[C@H]2CC[C@@H]1CN(C(=O)CCSCc1ccc(F)cc1)C2. The van der Waals surface area contributed by atoms with E-state index in [0.717, 1.165) is 29.9 Å². The molecule has 3 fully saturated rings. The van der Waals surface area contributed by atoms with E-state index in [2.05, 4.69) is 0 Å². The van der Waals surface area contributed by atoms with Gasteiger partial charge in [-0.25, -0.2) is 4.39 Å². The summed E-state index contributed by atoms with van der Waals surface area (Å²) in [5.74, 6) is 1.60. The molecule has 0 aromatic heterocycles. The van der Waals surface area contributed by atoms with Gasteiger partial charge in [0, 0.05) is 44.1 Å². The molecule has 1 aromatic carbocycles. The van der Waals surface area contributed by atoms with E-state index in [-0.39, 0.29) is 29.6 Å². The minimum Gasteiger partial charge on any atom is -0.341 e. The Labute approximate surface area is 146 Å². The summed E-state index contributed by atoms with van der Waals surface area (Å²) in [4.78, 5) is 28.3. The highest BCUT2D eigenvalue weighted by Crippen LogP contribution is 2.28. The van der Waals surface area contributed by atoms with Crippen LogP contribution in [0.2, 0.25) is 0 Å². The van der Waals surface area contributed by atoms with Gasteiger partial charge >= 0.3 is 0 Å². The molecule has 1 aromatic rings. The van der Waals surface area contributed by atoms with Gasteiger partial charge in [0.25, 0.3) is 0 Å². The molecule has 4 nitrogen and oxygen atoms in total. The van der Waals surface area contributed by atoms with Crippen LogP contribution < -0.4 is 0 Å². The third-order valence-corrected chi connectivity index (χ3v) is 5.99. The van der Waals surface area contributed by atoms with E-state index in [1.54, 1.807) is 23.9 Å². The Morgan fingerprint density at radius 1 is 1.25 bits per heavy atom. The molecular weight excluding hydrogens is 327 g/mol. The number of hydrogen-bond acceptors (Lipinski definition) is 3. The maximum absolute atomic E-state index is 12.9. The van der Waals surface area contributed by atoms with Gasteiger partial charge in [0.15, 0.2) is 0 Å². The van der Waals surface area contributed by atoms with Crippen LogP contribution in [0.4, 0.5) is 4.39 Å². The fourth-order valence-corrected chi connectivity index (χ4v) is 4.34. The Morgan fingerprint density at radius 3 is 2.75 bits per heavy atom. The van der Waals surface area contributed by atoms with Crippen LogP contribution in [0.25, 0.3) is 0 Å². The molecule has 2 amide bonds. The summed E-state index contributed by atoms with van der Waals surface area (Å²) in [6, 6.07) is 6.64. The molecule has 2 bridgehead atoms. The first-order valence-corrected chi connectivity index (χ1v) is 9.56.